The van der Waals surface area contributed by atoms with Crippen LogP contribution >= 0.6 is 0 Å². The van der Waals surface area contributed by atoms with Gasteiger partial charge in [-0.25, -0.2) is 4.98 Å². The van der Waals surface area contributed by atoms with Gasteiger partial charge in [0.1, 0.15) is 5.82 Å². The number of anilines is 2. The van der Waals surface area contributed by atoms with E-state index in [1.165, 1.54) is 5.56 Å². The molecule has 1 amide bonds. The van der Waals surface area contributed by atoms with E-state index in [0.29, 0.717) is 18.7 Å². The SMILES string of the molecule is Cc1nn(Cc2ccccc2)c(C)c1CNC(=O)c1ccc(N(C)c2ccccc2)nc1. The Kier molecular flexibility index (Phi) is 6.31. The minimum Gasteiger partial charge on any atom is -0.348 e. The molecule has 6 heteroatoms. The fraction of sp³-hybridized carbons (Fsp3) is 0.192. The fourth-order valence-electron chi connectivity index (χ4n) is 3.67. The second-order valence-electron chi connectivity index (χ2n) is 7.77. The quantitative estimate of drug-likeness (QED) is 0.469. The second-order valence-corrected chi connectivity index (χ2v) is 7.77. The maximum absolute atomic E-state index is 12.7. The zero-order chi connectivity index (χ0) is 22.5. The molecule has 162 valence electrons. The Morgan fingerprint density at radius 3 is 2.31 bits per heavy atom. The molecule has 0 spiro atoms. The smallest absolute Gasteiger partial charge is 0.253 e. The van der Waals surface area contributed by atoms with E-state index in [-0.39, 0.29) is 5.91 Å². The molecule has 0 saturated carbocycles. The maximum atomic E-state index is 12.7. The lowest BCUT2D eigenvalue weighted by Gasteiger charge is -2.18. The van der Waals surface area contributed by atoms with Crippen molar-refractivity contribution in [1.29, 1.82) is 0 Å². The topological polar surface area (TPSA) is 63.1 Å². The van der Waals surface area contributed by atoms with Gasteiger partial charge in [0.15, 0.2) is 0 Å². The normalized spacial score (nSPS) is 10.7. The molecular formula is C26H27N5O. The summed E-state index contributed by atoms with van der Waals surface area (Å²) in [5, 5.41) is 7.67. The third kappa shape index (κ3) is 4.70. The first-order valence-electron chi connectivity index (χ1n) is 10.6. The highest BCUT2D eigenvalue weighted by Crippen LogP contribution is 2.21. The van der Waals surface area contributed by atoms with Crippen LogP contribution in [0, 0.1) is 13.8 Å². The van der Waals surface area contributed by atoms with Gasteiger partial charge in [0.2, 0.25) is 0 Å². The van der Waals surface area contributed by atoms with Gasteiger partial charge in [-0.3, -0.25) is 9.48 Å². The molecule has 2 aromatic heterocycles. The van der Waals surface area contributed by atoms with Gasteiger partial charge in [-0.1, -0.05) is 48.5 Å². The number of carbonyl (C=O) groups excluding carboxylic acids is 1. The Morgan fingerprint density at radius 1 is 0.969 bits per heavy atom. The minimum atomic E-state index is -0.152. The molecule has 1 N–H and O–H groups in total. The van der Waals surface area contributed by atoms with E-state index >= 15 is 0 Å². The molecule has 0 bridgehead atoms. The number of nitrogens with one attached hydrogen (secondary N) is 1. The number of hydrogen-bond donors (Lipinski definition) is 1. The molecule has 0 aliphatic heterocycles. The predicted molar refractivity (Wildman–Crippen MR) is 127 cm³/mol. The van der Waals surface area contributed by atoms with E-state index in [9.17, 15) is 4.79 Å². The van der Waals surface area contributed by atoms with Crippen molar-refractivity contribution >= 4 is 17.4 Å². The van der Waals surface area contributed by atoms with Gasteiger partial charge in [-0.2, -0.15) is 5.10 Å². The van der Waals surface area contributed by atoms with Crippen molar-refractivity contribution in [1.82, 2.24) is 20.1 Å². The number of amides is 1. The summed E-state index contributed by atoms with van der Waals surface area (Å²) in [7, 11) is 1.95. The first kappa shape index (κ1) is 21.3. The van der Waals surface area contributed by atoms with Crippen molar-refractivity contribution in [3.05, 3.63) is 107 Å². The number of rotatable bonds is 7. The van der Waals surface area contributed by atoms with Crippen LogP contribution in [0.2, 0.25) is 0 Å². The molecule has 32 heavy (non-hydrogen) atoms. The van der Waals surface area contributed by atoms with E-state index in [1.54, 1.807) is 12.3 Å². The van der Waals surface area contributed by atoms with Crippen molar-refractivity contribution < 1.29 is 4.79 Å². The average molecular weight is 426 g/mol. The van der Waals surface area contributed by atoms with Gasteiger partial charge >= 0.3 is 0 Å². The van der Waals surface area contributed by atoms with E-state index < -0.39 is 0 Å². The summed E-state index contributed by atoms with van der Waals surface area (Å²) < 4.78 is 1.99. The van der Waals surface area contributed by atoms with Crippen LogP contribution in [0.3, 0.4) is 0 Å². The predicted octanol–water partition coefficient (Wildman–Crippen LogP) is 4.64. The van der Waals surface area contributed by atoms with Gasteiger partial charge in [-0.15, -0.1) is 0 Å². The van der Waals surface area contributed by atoms with Crippen molar-refractivity contribution in [3.8, 4) is 0 Å². The van der Waals surface area contributed by atoms with Crippen LogP contribution < -0.4 is 10.2 Å². The number of hydrogen-bond acceptors (Lipinski definition) is 4. The van der Waals surface area contributed by atoms with Crippen molar-refractivity contribution in [3.63, 3.8) is 0 Å². The summed E-state index contributed by atoms with van der Waals surface area (Å²) >= 11 is 0. The van der Waals surface area contributed by atoms with Crippen LogP contribution in [0.1, 0.15) is 32.9 Å². The Morgan fingerprint density at radius 2 is 1.66 bits per heavy atom. The zero-order valence-electron chi connectivity index (χ0n) is 18.6. The minimum absolute atomic E-state index is 0.152. The highest BCUT2D eigenvalue weighted by Gasteiger charge is 2.14. The van der Waals surface area contributed by atoms with Gasteiger partial charge in [0.05, 0.1) is 17.8 Å². The lowest BCUT2D eigenvalue weighted by Crippen LogP contribution is -2.24. The Bertz CT molecular complexity index is 1180. The molecule has 2 aromatic carbocycles. The van der Waals surface area contributed by atoms with Crippen molar-refractivity contribution in [2.45, 2.75) is 26.9 Å². The maximum Gasteiger partial charge on any atom is 0.253 e. The first-order valence-corrected chi connectivity index (χ1v) is 10.6. The van der Waals surface area contributed by atoms with Crippen LogP contribution in [-0.4, -0.2) is 27.7 Å². The van der Waals surface area contributed by atoms with Gasteiger partial charge in [0.25, 0.3) is 5.91 Å². The van der Waals surface area contributed by atoms with Crippen LogP contribution in [0.25, 0.3) is 0 Å². The molecule has 0 radical (unpaired) electrons. The molecule has 0 aliphatic carbocycles. The van der Waals surface area contributed by atoms with Gasteiger partial charge in [0, 0.05) is 36.7 Å². The largest absolute Gasteiger partial charge is 0.348 e. The van der Waals surface area contributed by atoms with Crippen molar-refractivity contribution in [2.24, 2.45) is 0 Å². The lowest BCUT2D eigenvalue weighted by atomic mass is 10.1. The molecule has 4 rings (SSSR count). The standard InChI is InChI=1S/C26H27N5O/c1-19-24(20(2)31(29-19)18-21-10-6-4-7-11-21)17-28-26(32)22-14-15-25(27-16-22)30(3)23-12-8-5-9-13-23/h4-16H,17-18H2,1-3H3,(H,28,32). The monoisotopic (exact) mass is 425 g/mol. The summed E-state index contributed by atoms with van der Waals surface area (Å²) in [5.74, 6) is 0.627. The van der Waals surface area contributed by atoms with Crippen molar-refractivity contribution in [2.75, 3.05) is 11.9 Å². The number of carbonyl (C=O) groups is 1. The third-order valence-electron chi connectivity index (χ3n) is 5.63. The average Bonchev–Trinajstić information content (AvgIpc) is 3.10. The summed E-state index contributed by atoms with van der Waals surface area (Å²) in [6.07, 6.45) is 1.61. The number of benzene rings is 2. The number of pyridine rings is 1. The number of para-hydroxylation sites is 1. The van der Waals surface area contributed by atoms with Crippen LogP contribution in [-0.2, 0) is 13.1 Å². The van der Waals surface area contributed by atoms with E-state index in [2.05, 4.69) is 27.5 Å². The van der Waals surface area contributed by atoms with E-state index in [0.717, 1.165) is 28.5 Å². The van der Waals surface area contributed by atoms with Gasteiger partial charge in [-0.05, 0) is 43.7 Å². The van der Waals surface area contributed by atoms with Crippen LogP contribution in [0.15, 0.2) is 79.0 Å². The van der Waals surface area contributed by atoms with Gasteiger partial charge < -0.3 is 10.2 Å². The van der Waals surface area contributed by atoms with Crippen LogP contribution in [0.4, 0.5) is 11.5 Å². The second kappa shape index (κ2) is 9.47. The lowest BCUT2D eigenvalue weighted by molar-refractivity contribution is 0.0950. The molecule has 6 nitrogen and oxygen atoms in total. The van der Waals surface area contributed by atoms with E-state index in [1.807, 2.05) is 85.1 Å². The summed E-state index contributed by atoms with van der Waals surface area (Å²) in [4.78, 5) is 19.1. The summed E-state index contributed by atoms with van der Waals surface area (Å²) in [6, 6.07) is 23.9. The third-order valence-corrected chi connectivity index (χ3v) is 5.63. The summed E-state index contributed by atoms with van der Waals surface area (Å²) in [5.41, 5.74) is 5.79. The Balaban J connectivity index is 1.40. The zero-order valence-corrected chi connectivity index (χ0v) is 18.6. The number of aryl methyl sites for hydroxylation is 1. The molecular weight excluding hydrogens is 398 g/mol. The number of aromatic nitrogens is 3. The molecule has 4 aromatic rings. The molecule has 0 unspecified atom stereocenters. The molecule has 0 fully saturated rings. The number of nitrogens with zero attached hydrogens (tertiary/aromatic N) is 4. The Hall–Kier alpha value is -3.93. The summed E-state index contributed by atoms with van der Waals surface area (Å²) in [6.45, 7) is 5.16. The highest BCUT2D eigenvalue weighted by molar-refractivity contribution is 5.94. The molecule has 0 aliphatic rings. The molecule has 0 saturated heterocycles. The highest BCUT2D eigenvalue weighted by atomic mass is 16.1. The van der Waals surface area contributed by atoms with Crippen LogP contribution in [0.5, 0.6) is 0 Å². The molecule has 2 heterocycles. The molecule has 0 atom stereocenters. The first-order chi connectivity index (χ1) is 15.5. The Labute approximate surface area is 188 Å². The fourth-order valence-corrected chi connectivity index (χ4v) is 3.67. The van der Waals surface area contributed by atoms with E-state index in [4.69, 9.17) is 0 Å².